The van der Waals surface area contributed by atoms with Crippen molar-refractivity contribution in [1.29, 1.82) is 0 Å². The van der Waals surface area contributed by atoms with E-state index in [-0.39, 0.29) is 0 Å². The third-order valence-electron chi connectivity index (χ3n) is 0.680. The molecule has 0 saturated heterocycles. The van der Waals surface area contributed by atoms with Crippen molar-refractivity contribution in [2.75, 3.05) is 0 Å². The first-order chi connectivity index (χ1) is 4.76. The van der Waals surface area contributed by atoms with Gasteiger partial charge in [-0.05, 0) is 0 Å². The maximum atomic E-state index is 11.3. The van der Waals surface area contributed by atoms with Gasteiger partial charge < -0.3 is 0 Å². The van der Waals surface area contributed by atoms with E-state index in [9.17, 15) is 33.4 Å². The zero-order valence-electron chi connectivity index (χ0n) is 4.78. The molecule has 0 amide bonds. The molecule has 78 valence electrons. The van der Waals surface area contributed by atoms with E-state index in [0.717, 1.165) is 0 Å². The Hall–Kier alpha value is 0.1000. The van der Waals surface area contributed by atoms with E-state index in [1.165, 1.54) is 0 Å². The van der Waals surface area contributed by atoms with E-state index < -0.39 is 29.4 Å². The Morgan fingerprint density at radius 2 is 0.917 bits per heavy atom. The molecule has 0 radical (unpaired) electrons. The fraction of sp³-hybridized carbons (Fsp3) is 1.00. The minimum atomic E-state index is -10.6. The summed E-state index contributed by atoms with van der Waals surface area (Å²) >= 11 is -10.6. The Labute approximate surface area is 63.5 Å². The molecule has 12 heavy (non-hydrogen) atoms. The molecular formula is C2F9I. The first-order valence-corrected chi connectivity index (χ1v) is 6.30. The Morgan fingerprint density at radius 1 is 0.667 bits per heavy atom. The quantitative estimate of drug-likeness (QED) is 0.384. The summed E-state index contributed by atoms with van der Waals surface area (Å²) in [5.41, 5.74) is 0. The van der Waals surface area contributed by atoms with E-state index >= 15 is 0 Å². The van der Waals surface area contributed by atoms with Crippen LogP contribution in [-0.4, -0.2) is 10.1 Å². The minimum absolute atomic E-state index is 6.91. The summed E-state index contributed by atoms with van der Waals surface area (Å²) < 4.78 is 92.4. The number of hydrogen-bond donors (Lipinski definition) is 0. The summed E-state index contributed by atoms with van der Waals surface area (Å²) in [6.07, 6.45) is -6.91. The standard InChI is InChI=1S/C2F9I/c3-1(4,5)2(6,7)12(8,9,10)11. The van der Waals surface area contributed by atoms with Crippen LogP contribution in [0.25, 0.3) is 0 Å². The monoisotopic (exact) mass is 322 g/mol. The average molecular weight is 322 g/mol. The van der Waals surface area contributed by atoms with Crippen LogP contribution in [0.2, 0.25) is 0 Å². The molecular weight excluding hydrogens is 322 g/mol. The molecule has 0 nitrogen and oxygen atoms in total. The van der Waals surface area contributed by atoms with Crippen LogP contribution in [0.15, 0.2) is 0 Å². The van der Waals surface area contributed by atoms with Crippen molar-refractivity contribution in [3.05, 3.63) is 0 Å². The van der Waals surface area contributed by atoms with E-state index in [1.807, 2.05) is 0 Å². The van der Waals surface area contributed by atoms with Crippen LogP contribution in [0, 0.1) is 0 Å². The topological polar surface area (TPSA) is 0 Å². The molecule has 0 atom stereocenters. The second kappa shape index (κ2) is 2.32. The van der Waals surface area contributed by atoms with Crippen molar-refractivity contribution in [3.8, 4) is 0 Å². The van der Waals surface area contributed by atoms with Gasteiger partial charge in [-0.1, -0.05) is 0 Å². The molecule has 0 aromatic carbocycles. The van der Waals surface area contributed by atoms with Crippen LogP contribution in [-0.2, 0) is 0 Å². The molecule has 0 bridgehead atoms. The van der Waals surface area contributed by atoms with Gasteiger partial charge in [0.1, 0.15) is 0 Å². The predicted octanol–water partition coefficient (Wildman–Crippen LogP) is 4.26. The summed E-state index contributed by atoms with van der Waals surface area (Å²) in [7, 11) is 0. The first kappa shape index (κ1) is 12.1. The van der Waals surface area contributed by atoms with Gasteiger partial charge in [-0.3, -0.25) is 0 Å². The van der Waals surface area contributed by atoms with Gasteiger partial charge in [0.15, 0.2) is 0 Å². The van der Waals surface area contributed by atoms with Gasteiger partial charge in [0, 0.05) is 0 Å². The Morgan fingerprint density at radius 3 is 0.917 bits per heavy atom. The van der Waals surface area contributed by atoms with Crippen LogP contribution >= 0.6 is 19.3 Å². The van der Waals surface area contributed by atoms with Crippen LogP contribution in [0.4, 0.5) is 33.4 Å². The van der Waals surface area contributed by atoms with Crippen LogP contribution < -0.4 is 0 Å². The van der Waals surface area contributed by atoms with Gasteiger partial charge in [-0.25, -0.2) is 0 Å². The summed E-state index contributed by atoms with van der Waals surface area (Å²) in [5.74, 6) is 0. The Bertz CT molecular complexity index is 172. The van der Waals surface area contributed by atoms with Crippen LogP contribution in [0.1, 0.15) is 0 Å². The fourth-order valence-corrected chi connectivity index (χ4v) is 1.09. The number of hydrogen-bond acceptors (Lipinski definition) is 0. The van der Waals surface area contributed by atoms with Crippen LogP contribution in [0.3, 0.4) is 0 Å². The normalized spacial score (nSPS) is 18.6. The summed E-state index contributed by atoms with van der Waals surface area (Å²) in [4.78, 5) is 0. The van der Waals surface area contributed by atoms with Gasteiger partial charge in [-0.15, -0.1) is 0 Å². The summed E-state index contributed by atoms with van der Waals surface area (Å²) in [6, 6.07) is 0. The van der Waals surface area contributed by atoms with E-state index in [1.54, 1.807) is 0 Å². The second-order valence-corrected chi connectivity index (χ2v) is 6.44. The number of alkyl halides is 6. The predicted molar refractivity (Wildman–Crippen MR) is 29.5 cm³/mol. The van der Waals surface area contributed by atoms with Crippen molar-refractivity contribution < 1.29 is 33.4 Å². The van der Waals surface area contributed by atoms with Crippen molar-refractivity contribution in [1.82, 2.24) is 0 Å². The van der Waals surface area contributed by atoms with E-state index in [2.05, 4.69) is 0 Å². The van der Waals surface area contributed by atoms with Gasteiger partial charge in [0.2, 0.25) is 0 Å². The average Bonchev–Trinajstić information content (AvgIpc) is 1.55. The van der Waals surface area contributed by atoms with E-state index in [0.29, 0.717) is 0 Å². The third kappa shape index (κ3) is 1.88. The molecule has 0 heterocycles. The summed E-state index contributed by atoms with van der Waals surface area (Å²) in [5, 5.41) is 0. The molecule has 0 N–H and O–H groups in total. The molecule has 10 heteroatoms. The zero-order valence-corrected chi connectivity index (χ0v) is 6.94. The Balaban J connectivity index is 5.15. The van der Waals surface area contributed by atoms with Gasteiger partial charge in [0.05, 0.1) is 0 Å². The Kier molecular flexibility index (Phi) is 2.34. The molecule has 0 aliphatic rings. The molecule has 0 spiro atoms. The molecule has 0 rings (SSSR count). The molecule has 0 aromatic rings. The summed E-state index contributed by atoms with van der Waals surface area (Å²) in [6.45, 7) is 0. The van der Waals surface area contributed by atoms with Crippen molar-refractivity contribution in [3.63, 3.8) is 0 Å². The van der Waals surface area contributed by atoms with Gasteiger partial charge in [0.25, 0.3) is 0 Å². The number of rotatable bonds is 1. The molecule has 0 aliphatic heterocycles. The van der Waals surface area contributed by atoms with Crippen LogP contribution in [0.5, 0.6) is 0 Å². The molecule has 0 aromatic heterocycles. The molecule has 0 fully saturated rings. The maximum absolute atomic E-state index is 11.3. The fourth-order valence-electron chi connectivity index (χ4n) is 0.162. The second-order valence-electron chi connectivity index (χ2n) is 1.61. The first-order valence-electron chi connectivity index (χ1n) is 1.96. The molecule has 0 aliphatic carbocycles. The van der Waals surface area contributed by atoms with Crippen molar-refractivity contribution in [2.24, 2.45) is 0 Å². The third-order valence-corrected chi connectivity index (χ3v) is 3.34. The zero-order chi connectivity index (χ0) is 10.4. The van der Waals surface area contributed by atoms with Crippen molar-refractivity contribution >= 4 is 19.3 Å². The van der Waals surface area contributed by atoms with Gasteiger partial charge >= 0.3 is 62.8 Å². The number of halogens is 10. The van der Waals surface area contributed by atoms with E-state index in [4.69, 9.17) is 0 Å². The SMILES string of the molecule is FC(F)(F)C(F)(F)I(F)(F)(F)F. The molecule has 0 saturated carbocycles. The van der Waals surface area contributed by atoms with Gasteiger partial charge in [-0.2, -0.15) is 0 Å². The molecule has 0 unspecified atom stereocenters. The van der Waals surface area contributed by atoms with Crippen molar-refractivity contribution in [2.45, 2.75) is 10.1 Å².